The number of nitro benzene ring substituents is 1. The lowest BCUT2D eigenvalue weighted by molar-refractivity contribution is -0.384. The summed E-state index contributed by atoms with van der Waals surface area (Å²) in [5, 5.41) is 14.7. The van der Waals surface area contributed by atoms with Crippen LogP contribution >= 0.6 is 0 Å². The second-order valence-corrected chi connectivity index (χ2v) is 10.00. The molecule has 9 heteroatoms. The van der Waals surface area contributed by atoms with Gasteiger partial charge < -0.3 is 14.8 Å². The maximum atomic E-state index is 14.0. The number of nitrogens with zero attached hydrogens (tertiary/aromatic N) is 2. The smallest absolute Gasteiger partial charge is 0.337 e. The molecule has 2 aliphatic rings. The van der Waals surface area contributed by atoms with Crippen LogP contribution in [0, 0.1) is 10.1 Å². The summed E-state index contributed by atoms with van der Waals surface area (Å²) in [5.74, 6) is -2.12. The molecule has 2 aromatic carbocycles. The standard InChI is InChI=1S/C30H35N3O6/c1-20-26(29(34)38-3)28(23-14-11-15-24(18-23)33(36)37)27(21(2)31-20)30(35)39-25(22-12-7-6-8-13-22)19-32-16-9-4-5-10-17-32/h6-8,11-15,18,25,28,31H,4-5,9-10,16-17,19H2,1-3H3. The van der Waals surface area contributed by atoms with Crippen molar-refractivity contribution in [3.8, 4) is 0 Å². The van der Waals surface area contributed by atoms with E-state index in [-0.39, 0.29) is 16.8 Å². The molecule has 0 spiro atoms. The van der Waals surface area contributed by atoms with E-state index in [1.165, 1.54) is 32.1 Å². The number of carbonyl (C=O) groups is 2. The van der Waals surface area contributed by atoms with Crippen molar-refractivity contribution in [2.24, 2.45) is 0 Å². The molecular formula is C30H35N3O6. The van der Waals surface area contributed by atoms with Crippen LogP contribution in [0.2, 0.25) is 0 Å². The number of nitrogens with one attached hydrogen (secondary N) is 1. The van der Waals surface area contributed by atoms with Crippen molar-refractivity contribution < 1.29 is 24.0 Å². The Bertz CT molecular complexity index is 1280. The van der Waals surface area contributed by atoms with Gasteiger partial charge in [-0.1, -0.05) is 55.3 Å². The van der Waals surface area contributed by atoms with Crippen molar-refractivity contribution in [1.82, 2.24) is 10.2 Å². The fourth-order valence-corrected chi connectivity index (χ4v) is 5.42. The number of non-ortho nitro benzene ring substituents is 1. The summed E-state index contributed by atoms with van der Waals surface area (Å²) < 4.78 is 11.3. The summed E-state index contributed by atoms with van der Waals surface area (Å²) in [4.78, 5) is 40.4. The van der Waals surface area contributed by atoms with E-state index < -0.39 is 28.9 Å². The average molecular weight is 534 g/mol. The highest BCUT2D eigenvalue weighted by molar-refractivity contribution is 6.00. The van der Waals surface area contributed by atoms with Gasteiger partial charge in [0.1, 0.15) is 6.10 Å². The van der Waals surface area contributed by atoms with Crippen molar-refractivity contribution in [1.29, 1.82) is 0 Å². The van der Waals surface area contributed by atoms with E-state index in [0.29, 0.717) is 23.5 Å². The molecule has 2 aromatic rings. The summed E-state index contributed by atoms with van der Waals surface area (Å²) in [6.45, 7) is 5.89. The van der Waals surface area contributed by atoms with Gasteiger partial charge in [-0.2, -0.15) is 0 Å². The molecule has 9 nitrogen and oxygen atoms in total. The zero-order valence-corrected chi connectivity index (χ0v) is 22.6. The van der Waals surface area contributed by atoms with Crippen molar-refractivity contribution in [2.45, 2.75) is 51.6 Å². The maximum Gasteiger partial charge on any atom is 0.337 e. The molecule has 2 atom stereocenters. The van der Waals surface area contributed by atoms with E-state index in [0.717, 1.165) is 31.5 Å². The number of carbonyl (C=O) groups excluding carboxylic acids is 2. The second kappa shape index (κ2) is 12.7. The highest BCUT2D eigenvalue weighted by Gasteiger charge is 2.39. The minimum atomic E-state index is -0.902. The van der Waals surface area contributed by atoms with Gasteiger partial charge in [-0.15, -0.1) is 0 Å². The fourth-order valence-electron chi connectivity index (χ4n) is 5.42. The first-order valence-electron chi connectivity index (χ1n) is 13.3. The lowest BCUT2D eigenvalue weighted by Gasteiger charge is -2.32. The molecule has 206 valence electrons. The third kappa shape index (κ3) is 6.54. The molecule has 2 heterocycles. The van der Waals surface area contributed by atoms with Crippen LogP contribution in [0.15, 0.2) is 77.1 Å². The number of hydrogen-bond acceptors (Lipinski definition) is 8. The van der Waals surface area contributed by atoms with Crippen LogP contribution < -0.4 is 5.32 Å². The average Bonchev–Trinajstić information content (AvgIpc) is 3.21. The van der Waals surface area contributed by atoms with E-state index in [9.17, 15) is 19.7 Å². The van der Waals surface area contributed by atoms with E-state index in [1.54, 1.807) is 26.0 Å². The monoisotopic (exact) mass is 533 g/mol. The number of likely N-dealkylation sites (tertiary alicyclic amines) is 1. The molecule has 39 heavy (non-hydrogen) atoms. The number of esters is 2. The Morgan fingerprint density at radius 1 is 0.974 bits per heavy atom. The molecule has 1 saturated heterocycles. The Morgan fingerprint density at radius 2 is 1.62 bits per heavy atom. The van der Waals surface area contributed by atoms with Crippen molar-refractivity contribution >= 4 is 17.6 Å². The summed E-state index contributed by atoms with van der Waals surface area (Å²) in [6.07, 6.45) is 4.06. The lowest BCUT2D eigenvalue weighted by Crippen LogP contribution is -2.35. The predicted octanol–water partition coefficient (Wildman–Crippen LogP) is 5.16. The molecule has 2 aliphatic heterocycles. The van der Waals surface area contributed by atoms with Crippen molar-refractivity contribution in [3.05, 3.63) is 98.4 Å². The minimum Gasteiger partial charge on any atom is -0.466 e. The molecule has 2 unspecified atom stereocenters. The van der Waals surface area contributed by atoms with Gasteiger partial charge in [0.2, 0.25) is 0 Å². The highest BCUT2D eigenvalue weighted by Crippen LogP contribution is 2.41. The topological polar surface area (TPSA) is 111 Å². The molecule has 1 N–H and O–H groups in total. The Balaban J connectivity index is 1.73. The number of rotatable bonds is 8. The van der Waals surface area contributed by atoms with Crippen LogP contribution in [0.5, 0.6) is 0 Å². The molecule has 0 amide bonds. The zero-order chi connectivity index (χ0) is 27.9. The quantitative estimate of drug-likeness (QED) is 0.281. The van der Waals surface area contributed by atoms with E-state index in [2.05, 4.69) is 10.2 Å². The van der Waals surface area contributed by atoms with Crippen LogP contribution in [0.3, 0.4) is 0 Å². The van der Waals surface area contributed by atoms with Crippen molar-refractivity contribution in [2.75, 3.05) is 26.7 Å². The number of nitro groups is 1. The van der Waals surface area contributed by atoms with Gasteiger partial charge in [0.15, 0.2) is 0 Å². The van der Waals surface area contributed by atoms with Gasteiger partial charge in [-0.25, -0.2) is 9.59 Å². The molecule has 0 saturated carbocycles. The van der Waals surface area contributed by atoms with Gasteiger partial charge in [-0.05, 0) is 50.9 Å². The number of hydrogen-bond donors (Lipinski definition) is 1. The molecule has 4 rings (SSSR count). The van der Waals surface area contributed by atoms with Crippen LogP contribution in [0.25, 0.3) is 0 Å². The Kier molecular flexibility index (Phi) is 9.14. The second-order valence-electron chi connectivity index (χ2n) is 10.00. The van der Waals surface area contributed by atoms with Gasteiger partial charge >= 0.3 is 11.9 Å². The number of methoxy groups -OCH3 is 1. The molecular weight excluding hydrogens is 498 g/mol. The van der Waals surface area contributed by atoms with Crippen LogP contribution in [-0.4, -0.2) is 48.5 Å². The van der Waals surface area contributed by atoms with Gasteiger partial charge in [-0.3, -0.25) is 15.0 Å². The predicted molar refractivity (Wildman–Crippen MR) is 147 cm³/mol. The molecule has 1 fully saturated rings. The Labute approximate surface area is 228 Å². The van der Waals surface area contributed by atoms with Crippen LogP contribution in [0.1, 0.15) is 62.7 Å². The fraction of sp³-hybridized carbons (Fsp3) is 0.400. The van der Waals surface area contributed by atoms with Gasteiger partial charge in [0.25, 0.3) is 5.69 Å². The maximum absolute atomic E-state index is 14.0. The van der Waals surface area contributed by atoms with Gasteiger partial charge in [0, 0.05) is 30.1 Å². The summed E-state index contributed by atoms with van der Waals surface area (Å²) in [5.41, 5.74) is 2.63. The first-order valence-corrected chi connectivity index (χ1v) is 13.3. The summed E-state index contributed by atoms with van der Waals surface area (Å²) in [7, 11) is 1.27. The van der Waals surface area contributed by atoms with E-state index in [4.69, 9.17) is 9.47 Å². The van der Waals surface area contributed by atoms with Crippen molar-refractivity contribution in [3.63, 3.8) is 0 Å². The molecule has 0 radical (unpaired) electrons. The first kappa shape index (κ1) is 28.0. The normalized spacial score (nSPS) is 19.1. The first-order chi connectivity index (χ1) is 18.8. The largest absolute Gasteiger partial charge is 0.466 e. The van der Waals surface area contributed by atoms with Crippen LogP contribution in [-0.2, 0) is 19.1 Å². The SMILES string of the molecule is COC(=O)C1=C(C)NC(C)=C(C(=O)OC(CN2CCCCCC2)c2ccccc2)C1c1cccc([N+](=O)[O-])c1. The lowest BCUT2D eigenvalue weighted by atomic mass is 9.80. The summed E-state index contributed by atoms with van der Waals surface area (Å²) in [6, 6.07) is 15.6. The number of ether oxygens (including phenoxy) is 2. The Hall–Kier alpha value is -3.98. The Morgan fingerprint density at radius 3 is 2.23 bits per heavy atom. The summed E-state index contributed by atoms with van der Waals surface area (Å²) >= 11 is 0. The molecule has 0 bridgehead atoms. The third-order valence-corrected chi connectivity index (χ3v) is 7.34. The third-order valence-electron chi connectivity index (χ3n) is 7.34. The highest BCUT2D eigenvalue weighted by atomic mass is 16.6. The number of allylic oxidation sites excluding steroid dienone is 2. The minimum absolute atomic E-state index is 0.137. The van der Waals surface area contributed by atoms with E-state index in [1.807, 2.05) is 30.3 Å². The number of dihydropyridines is 1. The van der Waals surface area contributed by atoms with Crippen LogP contribution in [0.4, 0.5) is 5.69 Å². The van der Waals surface area contributed by atoms with E-state index >= 15 is 0 Å². The van der Waals surface area contributed by atoms with Gasteiger partial charge in [0.05, 0.1) is 29.1 Å². The molecule has 0 aliphatic carbocycles. The molecule has 0 aromatic heterocycles. The zero-order valence-electron chi connectivity index (χ0n) is 22.6. The number of benzene rings is 2.